The molecule has 1 fully saturated rings. The molecule has 0 radical (unpaired) electrons. The van der Waals surface area contributed by atoms with E-state index in [1.165, 1.54) is 30.2 Å². The standard InChI is InChI=1S/C15H19NOS/c17-10-2-1-3-14-4-6-15(7-5-14)13-16-8-11-18-12-9-16/h4-7,17H,2,8-13H2. The van der Waals surface area contributed by atoms with Gasteiger partial charge in [-0.05, 0) is 17.7 Å². The summed E-state index contributed by atoms with van der Waals surface area (Å²) in [5, 5.41) is 8.66. The fourth-order valence-corrected chi connectivity index (χ4v) is 2.91. The fraction of sp³-hybridized carbons (Fsp3) is 0.467. The van der Waals surface area contributed by atoms with Gasteiger partial charge in [0.25, 0.3) is 0 Å². The van der Waals surface area contributed by atoms with Gasteiger partial charge >= 0.3 is 0 Å². The number of aliphatic hydroxyl groups excluding tert-OH is 1. The molecule has 1 aromatic rings. The van der Waals surface area contributed by atoms with Gasteiger partial charge in [0.15, 0.2) is 0 Å². The third-order valence-corrected chi connectivity index (χ3v) is 3.88. The van der Waals surface area contributed by atoms with Gasteiger partial charge in [0.05, 0.1) is 6.61 Å². The molecule has 0 amide bonds. The first-order valence-corrected chi connectivity index (χ1v) is 7.53. The lowest BCUT2D eigenvalue weighted by atomic mass is 10.1. The second kappa shape index (κ2) is 7.48. The molecular formula is C15H19NOS. The topological polar surface area (TPSA) is 23.5 Å². The van der Waals surface area contributed by atoms with E-state index in [4.69, 9.17) is 5.11 Å². The largest absolute Gasteiger partial charge is 0.395 e. The maximum absolute atomic E-state index is 8.66. The van der Waals surface area contributed by atoms with Gasteiger partial charge in [-0.3, -0.25) is 4.90 Å². The van der Waals surface area contributed by atoms with Crippen LogP contribution in [0.5, 0.6) is 0 Å². The van der Waals surface area contributed by atoms with Crippen LogP contribution >= 0.6 is 11.8 Å². The number of thioether (sulfide) groups is 1. The molecule has 0 aromatic heterocycles. The molecule has 1 saturated heterocycles. The Kier molecular flexibility index (Phi) is 5.60. The normalized spacial score (nSPS) is 16.1. The van der Waals surface area contributed by atoms with Crippen molar-refractivity contribution >= 4 is 11.8 Å². The molecule has 2 rings (SSSR count). The molecule has 1 heterocycles. The number of hydrogen-bond donors (Lipinski definition) is 1. The number of benzene rings is 1. The highest BCUT2D eigenvalue weighted by atomic mass is 32.2. The third-order valence-electron chi connectivity index (χ3n) is 2.93. The molecule has 18 heavy (non-hydrogen) atoms. The van der Waals surface area contributed by atoms with Gasteiger partial charge in [-0.1, -0.05) is 24.0 Å². The predicted molar refractivity (Wildman–Crippen MR) is 77.6 cm³/mol. The Morgan fingerprint density at radius 1 is 1.17 bits per heavy atom. The van der Waals surface area contributed by atoms with Crippen LogP contribution in [0.15, 0.2) is 24.3 Å². The molecule has 1 aliphatic heterocycles. The van der Waals surface area contributed by atoms with E-state index in [2.05, 4.69) is 41.0 Å². The minimum atomic E-state index is 0.137. The van der Waals surface area contributed by atoms with Crippen LogP contribution in [0.1, 0.15) is 17.5 Å². The molecule has 1 aliphatic rings. The van der Waals surface area contributed by atoms with E-state index in [0.29, 0.717) is 6.42 Å². The second-order valence-corrected chi connectivity index (χ2v) is 5.59. The van der Waals surface area contributed by atoms with Crippen LogP contribution in [0.4, 0.5) is 0 Å². The summed E-state index contributed by atoms with van der Waals surface area (Å²) in [5.41, 5.74) is 2.39. The van der Waals surface area contributed by atoms with Crippen LogP contribution < -0.4 is 0 Å². The van der Waals surface area contributed by atoms with Gasteiger partial charge < -0.3 is 5.11 Å². The van der Waals surface area contributed by atoms with E-state index in [9.17, 15) is 0 Å². The minimum absolute atomic E-state index is 0.137. The Morgan fingerprint density at radius 3 is 2.56 bits per heavy atom. The maximum Gasteiger partial charge on any atom is 0.0540 e. The van der Waals surface area contributed by atoms with Crippen molar-refractivity contribution in [2.45, 2.75) is 13.0 Å². The number of hydrogen-bond acceptors (Lipinski definition) is 3. The molecule has 0 aliphatic carbocycles. The molecule has 0 spiro atoms. The zero-order valence-corrected chi connectivity index (χ0v) is 11.4. The van der Waals surface area contributed by atoms with E-state index < -0.39 is 0 Å². The van der Waals surface area contributed by atoms with Crippen molar-refractivity contribution in [3.63, 3.8) is 0 Å². The molecule has 2 nitrogen and oxygen atoms in total. The van der Waals surface area contributed by atoms with Crippen molar-refractivity contribution in [1.29, 1.82) is 0 Å². The SMILES string of the molecule is OCCC#Cc1ccc(CN2CCSCC2)cc1. The van der Waals surface area contributed by atoms with Crippen LogP contribution in [0.25, 0.3) is 0 Å². The van der Waals surface area contributed by atoms with Gasteiger partial charge in [-0.2, -0.15) is 11.8 Å². The molecule has 96 valence electrons. The van der Waals surface area contributed by atoms with Crippen molar-refractivity contribution in [3.8, 4) is 11.8 Å². The Hall–Kier alpha value is -0.950. The first-order chi connectivity index (χ1) is 8.88. The summed E-state index contributed by atoms with van der Waals surface area (Å²) in [6.45, 7) is 3.58. The van der Waals surface area contributed by atoms with Crippen molar-refractivity contribution < 1.29 is 5.11 Å². The number of aliphatic hydroxyl groups is 1. The summed E-state index contributed by atoms with van der Waals surface area (Å²) in [6, 6.07) is 8.45. The first-order valence-electron chi connectivity index (χ1n) is 6.37. The van der Waals surface area contributed by atoms with Crippen LogP contribution in [0, 0.1) is 11.8 Å². The molecule has 3 heteroatoms. The molecule has 0 bridgehead atoms. The summed E-state index contributed by atoms with van der Waals surface area (Å²) in [4.78, 5) is 2.50. The molecule has 0 saturated carbocycles. The second-order valence-electron chi connectivity index (χ2n) is 4.36. The summed E-state index contributed by atoms with van der Waals surface area (Å²) in [7, 11) is 0. The minimum Gasteiger partial charge on any atom is -0.395 e. The number of rotatable bonds is 3. The lowest BCUT2D eigenvalue weighted by Gasteiger charge is -2.26. The Labute approximate surface area is 113 Å². The fourth-order valence-electron chi connectivity index (χ4n) is 1.93. The predicted octanol–water partition coefficient (Wildman–Crippen LogP) is 1.97. The van der Waals surface area contributed by atoms with Gasteiger partial charge in [0.1, 0.15) is 0 Å². The van der Waals surface area contributed by atoms with Crippen LogP contribution in [0.3, 0.4) is 0 Å². The van der Waals surface area contributed by atoms with Crippen molar-refractivity contribution in [1.82, 2.24) is 4.90 Å². The van der Waals surface area contributed by atoms with E-state index >= 15 is 0 Å². The van der Waals surface area contributed by atoms with Crippen LogP contribution in [-0.4, -0.2) is 41.2 Å². The smallest absolute Gasteiger partial charge is 0.0540 e. The highest BCUT2D eigenvalue weighted by molar-refractivity contribution is 7.99. The quantitative estimate of drug-likeness (QED) is 0.842. The summed E-state index contributed by atoms with van der Waals surface area (Å²) < 4.78 is 0. The van der Waals surface area contributed by atoms with Gasteiger partial charge in [-0.25, -0.2) is 0 Å². The summed E-state index contributed by atoms with van der Waals surface area (Å²) in [5.74, 6) is 8.50. The van der Waals surface area contributed by atoms with Crippen molar-refractivity contribution in [2.75, 3.05) is 31.2 Å². The average Bonchev–Trinajstić information content (AvgIpc) is 2.42. The highest BCUT2D eigenvalue weighted by Gasteiger charge is 2.10. The zero-order chi connectivity index (χ0) is 12.6. The summed E-state index contributed by atoms with van der Waals surface area (Å²) in [6.07, 6.45) is 0.549. The average molecular weight is 261 g/mol. The van der Waals surface area contributed by atoms with Crippen LogP contribution in [-0.2, 0) is 6.54 Å². The number of nitrogens with zero attached hydrogens (tertiary/aromatic N) is 1. The Bertz CT molecular complexity index is 412. The maximum atomic E-state index is 8.66. The molecule has 0 atom stereocenters. The first kappa shape index (κ1) is 13.5. The molecule has 1 N–H and O–H groups in total. The van der Waals surface area contributed by atoms with E-state index in [1.54, 1.807) is 0 Å². The molecule has 1 aromatic carbocycles. The third kappa shape index (κ3) is 4.38. The highest BCUT2D eigenvalue weighted by Crippen LogP contribution is 2.13. The Balaban J connectivity index is 1.89. The Morgan fingerprint density at radius 2 is 1.89 bits per heavy atom. The van der Waals surface area contributed by atoms with E-state index in [1.807, 2.05) is 11.8 Å². The van der Waals surface area contributed by atoms with Crippen LogP contribution in [0.2, 0.25) is 0 Å². The van der Waals surface area contributed by atoms with Crippen molar-refractivity contribution in [2.24, 2.45) is 0 Å². The zero-order valence-electron chi connectivity index (χ0n) is 10.6. The van der Waals surface area contributed by atoms with E-state index in [0.717, 1.165) is 12.1 Å². The van der Waals surface area contributed by atoms with Gasteiger partial charge in [-0.15, -0.1) is 0 Å². The lowest BCUT2D eigenvalue weighted by Crippen LogP contribution is -2.31. The molecule has 0 unspecified atom stereocenters. The monoisotopic (exact) mass is 261 g/mol. The van der Waals surface area contributed by atoms with E-state index in [-0.39, 0.29) is 6.61 Å². The molecular weight excluding hydrogens is 242 g/mol. The summed E-state index contributed by atoms with van der Waals surface area (Å²) >= 11 is 2.04. The van der Waals surface area contributed by atoms with Gasteiger partial charge in [0.2, 0.25) is 0 Å². The van der Waals surface area contributed by atoms with Crippen molar-refractivity contribution in [3.05, 3.63) is 35.4 Å². The lowest BCUT2D eigenvalue weighted by molar-refractivity contribution is 0.294. The van der Waals surface area contributed by atoms with Gasteiger partial charge in [0, 0.05) is 43.1 Å².